The number of benzene rings is 1. The Morgan fingerprint density at radius 3 is 2.85 bits per heavy atom. The van der Waals surface area contributed by atoms with Crippen molar-refractivity contribution in [2.45, 2.75) is 20.3 Å². The summed E-state index contributed by atoms with van der Waals surface area (Å²) in [4.78, 5) is 0. The quantitative estimate of drug-likeness (QED) is 0.687. The van der Waals surface area contributed by atoms with Crippen molar-refractivity contribution < 1.29 is 0 Å². The van der Waals surface area contributed by atoms with E-state index in [1.807, 2.05) is 0 Å². The molecule has 0 saturated heterocycles. The van der Waals surface area contributed by atoms with E-state index in [1.165, 1.54) is 21.2 Å². The first-order valence-corrected chi connectivity index (χ1v) is 5.36. The van der Waals surface area contributed by atoms with Crippen LogP contribution < -0.4 is 5.73 Å². The Labute approximate surface area is 82.2 Å². The minimum absolute atomic E-state index is 0.924. The molecule has 1 nitrogen and oxygen atoms in total. The predicted molar refractivity (Wildman–Crippen MR) is 60.4 cm³/mol. The highest BCUT2D eigenvalue weighted by Gasteiger charge is 2.04. The van der Waals surface area contributed by atoms with Crippen molar-refractivity contribution in [1.29, 1.82) is 0 Å². The number of hydrogen-bond donors (Lipinski definition) is 1. The minimum atomic E-state index is 0.924. The summed E-state index contributed by atoms with van der Waals surface area (Å²) in [7, 11) is 0. The predicted octanol–water partition coefficient (Wildman–Crippen LogP) is 3.35. The van der Waals surface area contributed by atoms with Gasteiger partial charge in [0.15, 0.2) is 0 Å². The molecular formula is C11H13NS. The van der Waals surface area contributed by atoms with E-state index >= 15 is 0 Å². The highest BCUT2D eigenvalue weighted by atomic mass is 32.1. The Morgan fingerprint density at radius 1 is 1.38 bits per heavy atom. The third-order valence-corrected chi connectivity index (χ3v) is 3.41. The number of thiophene rings is 1. The lowest BCUT2D eigenvalue weighted by molar-refractivity contribution is 1.15. The van der Waals surface area contributed by atoms with E-state index < -0.39 is 0 Å². The topological polar surface area (TPSA) is 26.0 Å². The van der Waals surface area contributed by atoms with Crippen LogP contribution in [0.5, 0.6) is 0 Å². The maximum atomic E-state index is 5.98. The van der Waals surface area contributed by atoms with Gasteiger partial charge in [-0.25, -0.2) is 0 Å². The Morgan fingerprint density at radius 2 is 2.15 bits per heavy atom. The van der Waals surface area contributed by atoms with Crippen LogP contribution in [0.3, 0.4) is 0 Å². The summed E-state index contributed by atoms with van der Waals surface area (Å²) >= 11 is 1.78. The second-order valence-corrected chi connectivity index (χ2v) is 4.24. The van der Waals surface area contributed by atoms with Crippen LogP contribution in [0, 0.1) is 6.92 Å². The molecule has 1 heterocycles. The first-order chi connectivity index (χ1) is 6.22. The Hall–Kier alpha value is -1.02. The van der Waals surface area contributed by atoms with Crippen molar-refractivity contribution in [3.05, 3.63) is 28.6 Å². The number of hydrogen-bond acceptors (Lipinski definition) is 2. The summed E-state index contributed by atoms with van der Waals surface area (Å²) in [6.45, 7) is 4.27. The van der Waals surface area contributed by atoms with Crippen LogP contribution in [0.25, 0.3) is 10.1 Å². The number of nitrogens with two attached hydrogens (primary N) is 1. The van der Waals surface area contributed by atoms with Gasteiger partial charge in [-0.05, 0) is 42.0 Å². The van der Waals surface area contributed by atoms with Gasteiger partial charge in [0.1, 0.15) is 0 Å². The van der Waals surface area contributed by atoms with E-state index in [1.54, 1.807) is 11.3 Å². The maximum absolute atomic E-state index is 5.98. The molecule has 0 saturated carbocycles. The van der Waals surface area contributed by atoms with Crippen LogP contribution in [0.4, 0.5) is 5.69 Å². The van der Waals surface area contributed by atoms with Crippen molar-refractivity contribution in [1.82, 2.24) is 0 Å². The van der Waals surface area contributed by atoms with Gasteiger partial charge >= 0.3 is 0 Å². The molecule has 2 aromatic rings. The number of rotatable bonds is 1. The number of aryl methyl sites for hydroxylation is 2. The summed E-state index contributed by atoms with van der Waals surface area (Å²) in [6, 6.07) is 4.32. The van der Waals surface area contributed by atoms with E-state index in [4.69, 9.17) is 5.73 Å². The smallest absolute Gasteiger partial charge is 0.0407 e. The molecule has 0 radical (unpaired) electrons. The zero-order valence-electron chi connectivity index (χ0n) is 7.92. The molecule has 68 valence electrons. The average Bonchev–Trinajstić information content (AvgIpc) is 2.48. The van der Waals surface area contributed by atoms with Crippen molar-refractivity contribution in [3.8, 4) is 0 Å². The zero-order valence-corrected chi connectivity index (χ0v) is 8.74. The first kappa shape index (κ1) is 8.57. The summed E-state index contributed by atoms with van der Waals surface area (Å²) in [5.41, 5.74) is 9.53. The van der Waals surface area contributed by atoms with Crippen LogP contribution in [-0.4, -0.2) is 0 Å². The monoisotopic (exact) mass is 191 g/mol. The van der Waals surface area contributed by atoms with Crippen LogP contribution in [0.1, 0.15) is 18.1 Å². The lowest BCUT2D eigenvalue weighted by atomic mass is 10.1. The molecule has 2 heteroatoms. The first-order valence-electron chi connectivity index (χ1n) is 4.48. The number of fused-ring (bicyclic) bond motifs is 1. The van der Waals surface area contributed by atoms with E-state index in [0.717, 1.165) is 12.1 Å². The average molecular weight is 191 g/mol. The Kier molecular flexibility index (Phi) is 2.00. The molecule has 1 aromatic heterocycles. The SMILES string of the molecule is CCc1cc(N)c2c(C)csc2c1. The molecular weight excluding hydrogens is 178 g/mol. The third kappa shape index (κ3) is 1.31. The highest BCUT2D eigenvalue weighted by molar-refractivity contribution is 7.17. The molecule has 0 amide bonds. The van der Waals surface area contributed by atoms with Crippen molar-refractivity contribution in [2.75, 3.05) is 5.73 Å². The van der Waals surface area contributed by atoms with Crippen molar-refractivity contribution >= 4 is 27.1 Å². The van der Waals surface area contributed by atoms with Gasteiger partial charge in [0.2, 0.25) is 0 Å². The molecule has 0 unspecified atom stereocenters. The molecule has 0 atom stereocenters. The Bertz CT molecular complexity index is 443. The van der Waals surface area contributed by atoms with E-state index in [-0.39, 0.29) is 0 Å². The van der Waals surface area contributed by atoms with Crippen LogP contribution in [0.2, 0.25) is 0 Å². The summed E-state index contributed by atoms with van der Waals surface area (Å²) < 4.78 is 1.31. The zero-order chi connectivity index (χ0) is 9.42. The summed E-state index contributed by atoms with van der Waals surface area (Å²) in [6.07, 6.45) is 1.05. The lowest BCUT2D eigenvalue weighted by Gasteiger charge is -2.02. The Balaban J connectivity index is 2.79. The van der Waals surface area contributed by atoms with Gasteiger partial charge in [-0.1, -0.05) is 6.92 Å². The summed E-state index contributed by atoms with van der Waals surface area (Å²) in [5.74, 6) is 0. The molecule has 0 aliphatic heterocycles. The fourth-order valence-electron chi connectivity index (χ4n) is 1.63. The van der Waals surface area contributed by atoms with Crippen LogP contribution in [0.15, 0.2) is 17.5 Å². The number of nitrogen functional groups attached to an aromatic ring is 1. The van der Waals surface area contributed by atoms with Gasteiger partial charge in [-0.15, -0.1) is 11.3 Å². The van der Waals surface area contributed by atoms with Crippen molar-refractivity contribution in [3.63, 3.8) is 0 Å². The molecule has 0 aliphatic rings. The van der Waals surface area contributed by atoms with Crippen molar-refractivity contribution in [2.24, 2.45) is 0 Å². The van der Waals surface area contributed by atoms with Gasteiger partial charge in [0.25, 0.3) is 0 Å². The van der Waals surface area contributed by atoms with Gasteiger partial charge < -0.3 is 5.73 Å². The minimum Gasteiger partial charge on any atom is -0.398 e. The fourth-order valence-corrected chi connectivity index (χ4v) is 2.66. The third-order valence-electron chi connectivity index (χ3n) is 2.36. The fraction of sp³-hybridized carbons (Fsp3) is 0.273. The molecule has 0 spiro atoms. The molecule has 1 aromatic carbocycles. The molecule has 0 bridgehead atoms. The molecule has 2 N–H and O–H groups in total. The van der Waals surface area contributed by atoms with E-state index in [0.29, 0.717) is 0 Å². The maximum Gasteiger partial charge on any atom is 0.0407 e. The van der Waals surface area contributed by atoms with Gasteiger partial charge in [-0.2, -0.15) is 0 Å². The molecule has 0 fully saturated rings. The van der Waals surface area contributed by atoms with Gasteiger partial charge in [0, 0.05) is 15.8 Å². The molecule has 13 heavy (non-hydrogen) atoms. The van der Waals surface area contributed by atoms with Crippen LogP contribution in [-0.2, 0) is 6.42 Å². The second kappa shape index (κ2) is 3.04. The molecule has 2 rings (SSSR count). The van der Waals surface area contributed by atoms with E-state index in [2.05, 4.69) is 31.4 Å². The van der Waals surface area contributed by atoms with Gasteiger partial charge in [0.05, 0.1) is 0 Å². The second-order valence-electron chi connectivity index (χ2n) is 3.33. The van der Waals surface area contributed by atoms with Crippen LogP contribution >= 0.6 is 11.3 Å². The largest absolute Gasteiger partial charge is 0.398 e. The molecule has 0 aliphatic carbocycles. The highest BCUT2D eigenvalue weighted by Crippen LogP contribution is 2.31. The normalized spacial score (nSPS) is 10.9. The number of anilines is 1. The van der Waals surface area contributed by atoms with E-state index in [9.17, 15) is 0 Å². The van der Waals surface area contributed by atoms with Gasteiger partial charge in [-0.3, -0.25) is 0 Å². The standard InChI is InChI=1S/C11H13NS/c1-3-8-4-9(12)11-7(2)6-13-10(11)5-8/h4-6H,3,12H2,1-2H3. The lowest BCUT2D eigenvalue weighted by Crippen LogP contribution is -1.89. The summed E-state index contributed by atoms with van der Waals surface area (Å²) in [5, 5.41) is 3.41.